The van der Waals surface area contributed by atoms with Gasteiger partial charge in [0.1, 0.15) is 10.5 Å². The average Bonchev–Trinajstić information content (AvgIpc) is 2.35. The number of nitrogens with zero attached hydrogens (tertiary/aromatic N) is 2. The Bertz CT molecular complexity index is 359. The number of hydrogen-bond acceptors (Lipinski definition) is 4. The highest BCUT2D eigenvalue weighted by molar-refractivity contribution is 9.10. The van der Waals surface area contributed by atoms with Crippen LogP contribution >= 0.6 is 15.9 Å². The highest BCUT2D eigenvalue weighted by Crippen LogP contribution is 2.02. The topological polar surface area (TPSA) is 87.7 Å². The zero-order valence-electron chi connectivity index (χ0n) is 6.20. The molecule has 1 aromatic heterocycles. The zero-order chi connectivity index (χ0) is 9.19. The number of sulfonamides is 1. The number of aromatic nitrogens is 3. The Morgan fingerprint density at radius 3 is 2.75 bits per heavy atom. The molecule has 0 fully saturated rings. The summed E-state index contributed by atoms with van der Waals surface area (Å²) in [6, 6.07) is 0. The van der Waals surface area contributed by atoms with Crippen molar-refractivity contribution in [1.82, 2.24) is 15.2 Å². The Hall–Kier alpha value is -0.630. The van der Waals surface area contributed by atoms with Gasteiger partial charge in [-0.15, -0.1) is 5.10 Å². The summed E-state index contributed by atoms with van der Waals surface area (Å²) < 4.78 is 23.8. The van der Waals surface area contributed by atoms with Crippen molar-refractivity contribution in [3.05, 3.63) is 5.82 Å². The van der Waals surface area contributed by atoms with Crippen LogP contribution in [0, 0.1) is 6.92 Å². The standard InChI is InChI=1S/C4H7BrN4O2S/c1-3-6-4(8-7-3)9-12(10,11)2-5/h2H2,1H3,(H2,6,7,8,9). The normalized spacial score (nSPS) is 11.5. The van der Waals surface area contributed by atoms with Gasteiger partial charge in [0.25, 0.3) is 5.95 Å². The van der Waals surface area contributed by atoms with E-state index >= 15 is 0 Å². The highest BCUT2D eigenvalue weighted by atomic mass is 79.9. The van der Waals surface area contributed by atoms with Crippen LogP contribution in [0.2, 0.25) is 0 Å². The first-order valence-electron chi connectivity index (χ1n) is 2.99. The number of rotatable bonds is 3. The fourth-order valence-electron chi connectivity index (χ4n) is 0.555. The minimum absolute atomic E-state index is 0.0620. The molecule has 68 valence electrons. The summed E-state index contributed by atoms with van der Waals surface area (Å²) in [7, 11) is -3.34. The van der Waals surface area contributed by atoms with Crippen molar-refractivity contribution in [2.45, 2.75) is 6.92 Å². The van der Waals surface area contributed by atoms with E-state index in [0.29, 0.717) is 5.82 Å². The molecule has 12 heavy (non-hydrogen) atoms. The van der Waals surface area contributed by atoms with Crippen LogP contribution in [0.4, 0.5) is 5.95 Å². The van der Waals surface area contributed by atoms with Crippen LogP contribution in [0.3, 0.4) is 0 Å². The summed E-state index contributed by atoms with van der Waals surface area (Å²) in [4.78, 5) is 3.77. The largest absolute Gasteiger partial charge is 0.261 e. The van der Waals surface area contributed by atoms with E-state index in [4.69, 9.17) is 0 Å². The van der Waals surface area contributed by atoms with Gasteiger partial charge in [0, 0.05) is 0 Å². The molecule has 0 bridgehead atoms. The second-order valence-electron chi connectivity index (χ2n) is 2.07. The monoisotopic (exact) mass is 254 g/mol. The molecule has 0 aliphatic carbocycles. The third kappa shape index (κ3) is 2.45. The Balaban J connectivity index is 2.77. The van der Waals surface area contributed by atoms with Crippen molar-refractivity contribution in [3.63, 3.8) is 0 Å². The Morgan fingerprint density at radius 2 is 2.33 bits per heavy atom. The molecule has 8 heteroatoms. The molecule has 0 unspecified atom stereocenters. The molecule has 0 spiro atoms. The van der Waals surface area contributed by atoms with Crippen LogP contribution in [-0.2, 0) is 10.0 Å². The van der Waals surface area contributed by atoms with E-state index in [-0.39, 0.29) is 10.6 Å². The van der Waals surface area contributed by atoms with Crippen LogP contribution in [0.25, 0.3) is 0 Å². The third-order valence-corrected chi connectivity index (χ3v) is 3.58. The summed E-state index contributed by atoms with van der Waals surface area (Å²) in [6.07, 6.45) is 0. The number of hydrogen-bond donors (Lipinski definition) is 2. The Labute approximate surface area is 78.0 Å². The predicted octanol–water partition coefficient (Wildman–Crippen LogP) is 0.207. The Kier molecular flexibility index (Phi) is 2.68. The van der Waals surface area contributed by atoms with E-state index in [9.17, 15) is 8.42 Å². The van der Waals surface area contributed by atoms with Gasteiger partial charge < -0.3 is 0 Å². The van der Waals surface area contributed by atoms with Crippen LogP contribution in [-0.4, -0.2) is 28.3 Å². The number of H-pyrrole nitrogens is 1. The van der Waals surface area contributed by atoms with Crippen LogP contribution in [0.15, 0.2) is 0 Å². The van der Waals surface area contributed by atoms with E-state index < -0.39 is 10.0 Å². The van der Waals surface area contributed by atoms with E-state index in [1.807, 2.05) is 0 Å². The summed E-state index contributed by atoms with van der Waals surface area (Å²) in [5, 5.41) is 6.11. The highest BCUT2D eigenvalue weighted by Gasteiger charge is 2.10. The second kappa shape index (κ2) is 3.40. The molecule has 0 radical (unpaired) electrons. The number of halogens is 1. The summed E-state index contributed by atoms with van der Waals surface area (Å²) >= 11 is 2.82. The number of nitrogens with one attached hydrogen (secondary N) is 2. The number of alkyl halides is 1. The van der Waals surface area contributed by atoms with Gasteiger partial charge in [0.05, 0.1) is 0 Å². The molecule has 0 saturated heterocycles. The molecule has 0 amide bonds. The van der Waals surface area contributed by atoms with Gasteiger partial charge in [-0.3, -0.25) is 5.10 Å². The van der Waals surface area contributed by atoms with Crippen molar-refractivity contribution >= 4 is 31.9 Å². The van der Waals surface area contributed by atoms with Crippen molar-refractivity contribution in [2.75, 3.05) is 9.38 Å². The van der Waals surface area contributed by atoms with E-state index in [0.717, 1.165) is 0 Å². The molecule has 1 aromatic rings. The second-order valence-corrected chi connectivity index (χ2v) is 5.10. The SMILES string of the molecule is Cc1nc(NS(=O)(=O)CBr)n[nH]1. The predicted molar refractivity (Wildman–Crippen MR) is 47.5 cm³/mol. The third-order valence-electron chi connectivity index (χ3n) is 0.988. The number of aromatic amines is 1. The molecule has 0 aliphatic rings. The number of anilines is 1. The first kappa shape index (κ1) is 9.46. The van der Waals surface area contributed by atoms with E-state index in [2.05, 4.69) is 35.8 Å². The van der Waals surface area contributed by atoms with Crippen molar-refractivity contribution in [3.8, 4) is 0 Å². The molecule has 6 nitrogen and oxygen atoms in total. The molecular formula is C4H7BrN4O2S. The minimum Gasteiger partial charge on any atom is -0.261 e. The van der Waals surface area contributed by atoms with Gasteiger partial charge in [-0.05, 0) is 6.92 Å². The Morgan fingerprint density at radius 1 is 1.67 bits per heavy atom. The molecular weight excluding hydrogens is 248 g/mol. The maximum absolute atomic E-state index is 10.9. The summed E-state index contributed by atoms with van der Waals surface area (Å²) in [5.41, 5.74) is 0. The minimum atomic E-state index is -3.34. The van der Waals surface area contributed by atoms with Crippen molar-refractivity contribution in [1.29, 1.82) is 0 Å². The lowest BCUT2D eigenvalue weighted by atomic mass is 10.8. The fraction of sp³-hybridized carbons (Fsp3) is 0.500. The van der Waals surface area contributed by atoms with Gasteiger partial charge >= 0.3 is 0 Å². The molecule has 0 atom stereocenters. The zero-order valence-corrected chi connectivity index (χ0v) is 8.61. The van der Waals surface area contributed by atoms with E-state index in [1.54, 1.807) is 6.92 Å². The average molecular weight is 255 g/mol. The summed E-state index contributed by atoms with van der Waals surface area (Å²) in [6.45, 7) is 1.68. The lowest BCUT2D eigenvalue weighted by molar-refractivity contribution is 0.605. The first-order chi connectivity index (χ1) is 5.53. The van der Waals surface area contributed by atoms with Crippen molar-refractivity contribution < 1.29 is 8.42 Å². The first-order valence-corrected chi connectivity index (χ1v) is 5.76. The maximum atomic E-state index is 10.9. The van der Waals surface area contributed by atoms with Gasteiger partial charge in [0.15, 0.2) is 0 Å². The lowest BCUT2D eigenvalue weighted by Crippen LogP contribution is -2.14. The molecule has 2 N–H and O–H groups in total. The molecule has 1 rings (SSSR count). The van der Waals surface area contributed by atoms with Crippen LogP contribution in [0.1, 0.15) is 5.82 Å². The van der Waals surface area contributed by atoms with Crippen LogP contribution in [0.5, 0.6) is 0 Å². The molecule has 0 aromatic carbocycles. The number of aryl methyl sites for hydroxylation is 1. The lowest BCUT2D eigenvalue weighted by Gasteiger charge is -1.97. The van der Waals surface area contributed by atoms with Gasteiger partial charge in [0.2, 0.25) is 10.0 Å². The summed E-state index contributed by atoms with van der Waals surface area (Å²) in [5.74, 6) is 0.620. The smallest absolute Gasteiger partial charge is 0.255 e. The molecule has 1 heterocycles. The maximum Gasteiger partial charge on any atom is 0.255 e. The fourth-order valence-corrected chi connectivity index (χ4v) is 1.32. The van der Waals surface area contributed by atoms with E-state index in [1.165, 1.54) is 0 Å². The van der Waals surface area contributed by atoms with Crippen LogP contribution < -0.4 is 4.72 Å². The van der Waals surface area contributed by atoms with Crippen molar-refractivity contribution in [2.24, 2.45) is 0 Å². The van der Waals surface area contributed by atoms with Gasteiger partial charge in [-0.2, -0.15) is 4.98 Å². The molecule has 0 saturated carbocycles. The van der Waals surface area contributed by atoms with Gasteiger partial charge in [-0.25, -0.2) is 13.1 Å². The quantitative estimate of drug-likeness (QED) is 0.755. The van der Waals surface area contributed by atoms with Gasteiger partial charge in [-0.1, -0.05) is 15.9 Å². The molecule has 0 aliphatic heterocycles.